The highest BCUT2D eigenvalue weighted by atomic mass is 32.2. The van der Waals surface area contributed by atoms with E-state index in [-0.39, 0.29) is 28.8 Å². The average molecular weight is 630 g/mol. The van der Waals surface area contributed by atoms with Crippen molar-refractivity contribution in [3.63, 3.8) is 0 Å². The maximum Gasteiger partial charge on any atom is 0.446 e. The summed E-state index contributed by atoms with van der Waals surface area (Å²) in [5, 5.41) is 17.8. The minimum atomic E-state index is -4.41. The second-order valence-electron chi connectivity index (χ2n) is 10.5. The van der Waals surface area contributed by atoms with Crippen LogP contribution in [0.5, 0.6) is 0 Å². The molecule has 0 radical (unpaired) electrons. The van der Waals surface area contributed by atoms with Gasteiger partial charge in [0.05, 0.1) is 19.7 Å². The zero-order valence-corrected chi connectivity index (χ0v) is 24.8. The molecule has 4 N–H and O–H groups in total. The van der Waals surface area contributed by atoms with Gasteiger partial charge in [-0.25, -0.2) is 9.59 Å². The lowest BCUT2D eigenvalue weighted by atomic mass is 9.83. The second-order valence-corrected chi connectivity index (χ2v) is 11.6. The number of hydrogen-bond donors (Lipinski definition) is 4. The summed E-state index contributed by atoms with van der Waals surface area (Å²) in [4.78, 5) is 37.0. The third-order valence-electron chi connectivity index (χ3n) is 7.40. The summed E-state index contributed by atoms with van der Waals surface area (Å²) in [6, 6.07) is 18.8. The van der Waals surface area contributed by atoms with E-state index in [1.807, 2.05) is 12.1 Å². The van der Waals surface area contributed by atoms with Crippen LogP contribution >= 0.6 is 11.8 Å². The summed E-state index contributed by atoms with van der Waals surface area (Å²) in [5.41, 5.74) is -1.09. The van der Waals surface area contributed by atoms with Crippen LogP contribution in [0.4, 0.5) is 23.7 Å². The number of methoxy groups -OCH3 is 1. The van der Waals surface area contributed by atoms with Crippen molar-refractivity contribution in [2.24, 2.45) is 0 Å². The monoisotopic (exact) mass is 629 g/mol. The normalized spacial score (nSPS) is 15.1. The van der Waals surface area contributed by atoms with Crippen LogP contribution in [0.25, 0.3) is 0 Å². The Hall–Kier alpha value is -4.03. The largest absolute Gasteiger partial charge is 0.467 e. The molecule has 1 saturated carbocycles. The number of amides is 3. The molecular weight excluding hydrogens is 595 g/mol. The molecule has 2 unspecified atom stereocenters. The summed E-state index contributed by atoms with van der Waals surface area (Å²) in [6.07, 6.45) is 4.45. The molecule has 12 heteroatoms. The quantitative estimate of drug-likeness (QED) is 0.150. The van der Waals surface area contributed by atoms with Crippen LogP contribution in [0.1, 0.15) is 71.1 Å². The number of hydrogen-bond acceptors (Lipinski definition) is 6. The molecular formula is C32H34F3N3O5S. The molecule has 2 atom stereocenters. The van der Waals surface area contributed by atoms with Crippen LogP contribution in [-0.2, 0) is 9.53 Å². The fraction of sp³-hybridized carbons (Fsp3) is 0.344. The van der Waals surface area contributed by atoms with Crippen molar-refractivity contribution in [3.05, 3.63) is 95.1 Å². The number of esters is 1. The lowest BCUT2D eigenvalue weighted by Gasteiger charge is -2.24. The smallest absolute Gasteiger partial charge is 0.446 e. The Morgan fingerprint density at radius 3 is 2.07 bits per heavy atom. The number of ether oxygens (including phenoxy) is 1. The predicted octanol–water partition coefficient (Wildman–Crippen LogP) is 6.52. The van der Waals surface area contributed by atoms with Gasteiger partial charge in [-0.15, -0.1) is 0 Å². The van der Waals surface area contributed by atoms with Crippen molar-refractivity contribution in [2.75, 3.05) is 19.0 Å². The SMILES string of the molecule is COC(=O)C(O)CNC(=O)c1ccc(C(NC(=O)Nc2ccc(SC(F)(F)F)cc2)c2ccc(C3CCCCC3)cc2)cc1. The van der Waals surface area contributed by atoms with E-state index >= 15 is 0 Å². The third-order valence-corrected chi connectivity index (χ3v) is 8.14. The molecule has 0 bridgehead atoms. The Bertz CT molecular complexity index is 1410. The van der Waals surface area contributed by atoms with Gasteiger partial charge in [-0.2, -0.15) is 13.2 Å². The molecule has 0 aromatic heterocycles. The first-order chi connectivity index (χ1) is 21.0. The number of nitrogens with one attached hydrogen (secondary N) is 3. The molecule has 4 rings (SSSR count). The Balaban J connectivity index is 1.50. The zero-order chi connectivity index (χ0) is 31.7. The second kappa shape index (κ2) is 15.1. The first kappa shape index (κ1) is 32.9. The molecule has 1 aliphatic rings. The van der Waals surface area contributed by atoms with Crippen LogP contribution in [0.3, 0.4) is 0 Å². The molecule has 0 heterocycles. The van der Waals surface area contributed by atoms with E-state index in [0.717, 1.165) is 25.5 Å². The van der Waals surface area contributed by atoms with E-state index in [4.69, 9.17) is 0 Å². The summed E-state index contributed by atoms with van der Waals surface area (Å²) >= 11 is -0.235. The van der Waals surface area contributed by atoms with Gasteiger partial charge in [0.25, 0.3) is 5.91 Å². The van der Waals surface area contributed by atoms with Crippen molar-refractivity contribution in [1.82, 2.24) is 10.6 Å². The highest BCUT2D eigenvalue weighted by molar-refractivity contribution is 8.00. The molecule has 0 spiro atoms. The van der Waals surface area contributed by atoms with Gasteiger partial charge < -0.3 is 25.8 Å². The van der Waals surface area contributed by atoms with Gasteiger partial charge in [-0.1, -0.05) is 55.7 Å². The van der Waals surface area contributed by atoms with E-state index in [2.05, 4.69) is 32.8 Å². The van der Waals surface area contributed by atoms with E-state index in [9.17, 15) is 32.7 Å². The van der Waals surface area contributed by atoms with Gasteiger partial charge in [0.1, 0.15) is 0 Å². The van der Waals surface area contributed by atoms with Gasteiger partial charge in [0.15, 0.2) is 6.10 Å². The summed E-state index contributed by atoms with van der Waals surface area (Å²) < 4.78 is 42.4. The topological polar surface area (TPSA) is 117 Å². The number of aliphatic hydroxyl groups excluding tert-OH is 1. The fourth-order valence-electron chi connectivity index (χ4n) is 5.13. The molecule has 3 aromatic carbocycles. The lowest BCUT2D eigenvalue weighted by Crippen LogP contribution is -2.37. The number of aliphatic hydroxyl groups is 1. The fourth-order valence-corrected chi connectivity index (χ4v) is 5.67. The van der Waals surface area contributed by atoms with Crippen molar-refractivity contribution in [1.29, 1.82) is 0 Å². The maximum atomic E-state index is 13.1. The molecule has 3 amide bonds. The number of carbonyl (C=O) groups excluding carboxylic acids is 3. The minimum absolute atomic E-state index is 0.00308. The minimum Gasteiger partial charge on any atom is -0.467 e. The number of urea groups is 1. The summed E-state index contributed by atoms with van der Waals surface area (Å²) in [6.45, 7) is -0.319. The van der Waals surface area contributed by atoms with Crippen LogP contribution < -0.4 is 16.0 Å². The van der Waals surface area contributed by atoms with Crippen LogP contribution in [0.15, 0.2) is 77.7 Å². The van der Waals surface area contributed by atoms with Gasteiger partial charge in [-0.3, -0.25) is 4.79 Å². The van der Waals surface area contributed by atoms with Crippen LogP contribution in [0.2, 0.25) is 0 Å². The average Bonchev–Trinajstić information content (AvgIpc) is 3.03. The first-order valence-electron chi connectivity index (χ1n) is 14.2. The number of anilines is 1. The van der Waals surface area contributed by atoms with E-state index < -0.39 is 35.6 Å². The number of carbonyl (C=O) groups is 3. The van der Waals surface area contributed by atoms with Crippen molar-refractivity contribution >= 4 is 35.4 Å². The summed E-state index contributed by atoms with van der Waals surface area (Å²) in [5.74, 6) is -0.870. The maximum absolute atomic E-state index is 13.1. The van der Waals surface area contributed by atoms with Crippen molar-refractivity contribution in [3.8, 4) is 0 Å². The molecule has 44 heavy (non-hydrogen) atoms. The Kier molecular flexibility index (Phi) is 11.3. The molecule has 3 aromatic rings. The van der Waals surface area contributed by atoms with Crippen LogP contribution in [0, 0.1) is 0 Å². The molecule has 1 fully saturated rings. The van der Waals surface area contributed by atoms with Crippen LogP contribution in [-0.4, -0.2) is 48.3 Å². The van der Waals surface area contributed by atoms with Gasteiger partial charge >= 0.3 is 17.5 Å². The Morgan fingerprint density at radius 2 is 1.50 bits per heavy atom. The molecule has 0 aliphatic heterocycles. The predicted molar refractivity (Wildman–Crippen MR) is 161 cm³/mol. The number of halogens is 3. The van der Waals surface area contributed by atoms with E-state index in [1.54, 1.807) is 24.3 Å². The van der Waals surface area contributed by atoms with Crippen molar-refractivity contribution < 1.29 is 37.4 Å². The molecule has 0 saturated heterocycles. The van der Waals surface area contributed by atoms with Gasteiger partial charge in [0, 0.05) is 16.1 Å². The Labute approximate surface area is 257 Å². The highest BCUT2D eigenvalue weighted by Crippen LogP contribution is 2.37. The first-order valence-corrected chi connectivity index (χ1v) is 15.0. The standard InChI is InChI=1S/C32H34F3N3O5S/c1-43-30(41)27(39)19-36-29(40)24-13-11-23(12-14-24)28(22-9-7-21(8-10-22)20-5-3-2-4-6-20)38-31(42)37-25-15-17-26(18-16-25)44-32(33,34)35/h7-18,20,27-28,39H,2-6,19H2,1H3,(H,36,40)(H2,37,38,42). The van der Waals surface area contributed by atoms with Gasteiger partial charge in [-0.05, 0) is 83.6 Å². The lowest BCUT2D eigenvalue weighted by molar-refractivity contribution is -0.149. The Morgan fingerprint density at radius 1 is 0.909 bits per heavy atom. The summed E-state index contributed by atoms with van der Waals surface area (Å²) in [7, 11) is 1.13. The zero-order valence-electron chi connectivity index (χ0n) is 24.0. The molecule has 234 valence electrons. The highest BCUT2D eigenvalue weighted by Gasteiger charge is 2.29. The number of rotatable bonds is 10. The molecule has 1 aliphatic carbocycles. The number of thioether (sulfide) groups is 1. The number of benzene rings is 3. The van der Waals surface area contributed by atoms with Crippen molar-refractivity contribution in [2.45, 2.75) is 60.6 Å². The van der Waals surface area contributed by atoms with Gasteiger partial charge in [0.2, 0.25) is 0 Å². The van der Waals surface area contributed by atoms with E-state index in [0.29, 0.717) is 17.2 Å². The molecule has 8 nitrogen and oxygen atoms in total. The van der Waals surface area contributed by atoms with E-state index in [1.165, 1.54) is 49.1 Å². The number of alkyl halides is 3. The third kappa shape index (κ3) is 9.48.